The molecule has 1 amide bonds. The quantitative estimate of drug-likeness (QED) is 0.551. The predicted molar refractivity (Wildman–Crippen MR) is 83.8 cm³/mol. The van der Waals surface area contributed by atoms with E-state index >= 15 is 0 Å². The second-order valence-electron chi connectivity index (χ2n) is 6.27. The first-order valence-corrected chi connectivity index (χ1v) is 8.48. The normalized spacial score (nSPS) is 18.8. The molecule has 122 valence electrons. The van der Waals surface area contributed by atoms with Crippen molar-refractivity contribution in [3.05, 3.63) is 0 Å². The summed E-state index contributed by atoms with van der Waals surface area (Å²) in [6.07, 6.45) is 9.77. The molecule has 2 atom stereocenters. The smallest absolute Gasteiger partial charge is 0.328 e. The monoisotopic (exact) mass is 297 g/mol. The maximum atomic E-state index is 12.4. The minimum Gasteiger partial charge on any atom is -0.467 e. The Morgan fingerprint density at radius 2 is 1.86 bits per heavy atom. The SMILES string of the molecule is CCCCC[C@H](NC(=O)[C@@H](C)C1CCCCC1)C(=O)OC. The molecule has 0 radical (unpaired) electrons. The van der Waals surface area contributed by atoms with Crippen LogP contribution in [0.5, 0.6) is 0 Å². The molecule has 1 aliphatic rings. The molecular formula is C17H31NO3. The molecule has 0 heterocycles. The van der Waals surface area contributed by atoms with E-state index in [4.69, 9.17) is 4.74 Å². The molecule has 1 aliphatic carbocycles. The molecule has 4 heteroatoms. The van der Waals surface area contributed by atoms with Crippen LogP contribution in [-0.4, -0.2) is 25.0 Å². The maximum Gasteiger partial charge on any atom is 0.328 e. The number of carbonyl (C=O) groups excluding carboxylic acids is 2. The zero-order chi connectivity index (χ0) is 15.7. The van der Waals surface area contributed by atoms with E-state index in [1.807, 2.05) is 6.92 Å². The molecule has 0 bridgehead atoms. The van der Waals surface area contributed by atoms with Gasteiger partial charge in [0.25, 0.3) is 0 Å². The van der Waals surface area contributed by atoms with Crippen LogP contribution in [0.1, 0.15) is 71.6 Å². The van der Waals surface area contributed by atoms with Crippen LogP contribution in [0.4, 0.5) is 0 Å². The minimum atomic E-state index is -0.486. The summed E-state index contributed by atoms with van der Waals surface area (Å²) in [5, 5.41) is 2.91. The van der Waals surface area contributed by atoms with Crippen molar-refractivity contribution < 1.29 is 14.3 Å². The average Bonchev–Trinajstić information content (AvgIpc) is 2.53. The predicted octanol–water partition coefficient (Wildman–Crippen LogP) is 3.44. The number of unbranched alkanes of at least 4 members (excludes halogenated alkanes) is 2. The number of hydrogen-bond acceptors (Lipinski definition) is 3. The molecule has 0 aromatic heterocycles. The molecule has 0 aromatic rings. The molecule has 21 heavy (non-hydrogen) atoms. The minimum absolute atomic E-state index is 0.00815. The second-order valence-corrected chi connectivity index (χ2v) is 6.27. The summed E-state index contributed by atoms with van der Waals surface area (Å²) in [7, 11) is 1.38. The number of rotatable bonds is 8. The van der Waals surface area contributed by atoms with Crippen molar-refractivity contribution >= 4 is 11.9 Å². The van der Waals surface area contributed by atoms with Gasteiger partial charge in [0, 0.05) is 5.92 Å². The van der Waals surface area contributed by atoms with Crippen LogP contribution in [0.15, 0.2) is 0 Å². The highest BCUT2D eigenvalue weighted by Crippen LogP contribution is 2.30. The summed E-state index contributed by atoms with van der Waals surface area (Å²) >= 11 is 0. The largest absolute Gasteiger partial charge is 0.467 e. The Kier molecular flexibility index (Phi) is 8.40. The zero-order valence-electron chi connectivity index (χ0n) is 13.8. The van der Waals surface area contributed by atoms with Crippen molar-refractivity contribution in [1.29, 1.82) is 0 Å². The fourth-order valence-electron chi connectivity index (χ4n) is 3.14. The zero-order valence-corrected chi connectivity index (χ0v) is 13.8. The molecule has 1 N–H and O–H groups in total. The first kappa shape index (κ1) is 18.0. The third-order valence-electron chi connectivity index (χ3n) is 4.67. The number of esters is 1. The number of carbonyl (C=O) groups is 2. The number of ether oxygens (including phenoxy) is 1. The van der Waals surface area contributed by atoms with Gasteiger partial charge in [0.2, 0.25) is 5.91 Å². The van der Waals surface area contributed by atoms with Gasteiger partial charge in [-0.25, -0.2) is 4.79 Å². The maximum absolute atomic E-state index is 12.4. The highest BCUT2D eigenvalue weighted by Gasteiger charge is 2.29. The van der Waals surface area contributed by atoms with Gasteiger partial charge >= 0.3 is 5.97 Å². The van der Waals surface area contributed by atoms with Crippen molar-refractivity contribution in [3.63, 3.8) is 0 Å². The van der Waals surface area contributed by atoms with Gasteiger partial charge in [-0.15, -0.1) is 0 Å². The Balaban J connectivity index is 2.50. The molecule has 0 aliphatic heterocycles. The summed E-state index contributed by atoms with van der Waals surface area (Å²) < 4.78 is 4.82. The van der Waals surface area contributed by atoms with E-state index in [0.29, 0.717) is 12.3 Å². The summed E-state index contributed by atoms with van der Waals surface area (Å²) in [6, 6.07) is -0.486. The molecular weight excluding hydrogens is 266 g/mol. The Hall–Kier alpha value is -1.06. The second kappa shape index (κ2) is 9.80. The van der Waals surface area contributed by atoms with E-state index in [-0.39, 0.29) is 17.8 Å². The van der Waals surface area contributed by atoms with Crippen LogP contribution in [-0.2, 0) is 14.3 Å². The lowest BCUT2D eigenvalue weighted by Crippen LogP contribution is -2.45. The molecule has 0 aromatic carbocycles. The summed E-state index contributed by atoms with van der Waals surface area (Å²) in [5.41, 5.74) is 0. The van der Waals surface area contributed by atoms with Crippen LogP contribution >= 0.6 is 0 Å². The van der Waals surface area contributed by atoms with Crippen LogP contribution in [0.25, 0.3) is 0 Å². The number of amides is 1. The number of methoxy groups -OCH3 is 1. The summed E-state index contributed by atoms with van der Waals surface area (Å²) in [5.74, 6) is 0.139. The number of nitrogens with one attached hydrogen (secondary N) is 1. The molecule has 1 saturated carbocycles. The first-order valence-electron chi connectivity index (χ1n) is 8.48. The van der Waals surface area contributed by atoms with Crippen molar-refractivity contribution in [2.24, 2.45) is 11.8 Å². The van der Waals surface area contributed by atoms with Crippen LogP contribution in [0.2, 0.25) is 0 Å². The van der Waals surface area contributed by atoms with Gasteiger partial charge in [0.05, 0.1) is 7.11 Å². The Morgan fingerprint density at radius 3 is 2.43 bits per heavy atom. The van der Waals surface area contributed by atoms with E-state index in [1.54, 1.807) is 0 Å². The summed E-state index contributed by atoms with van der Waals surface area (Å²) in [6.45, 7) is 4.11. The summed E-state index contributed by atoms with van der Waals surface area (Å²) in [4.78, 5) is 24.2. The third kappa shape index (κ3) is 6.06. The lowest BCUT2D eigenvalue weighted by atomic mass is 9.80. The Bertz CT molecular complexity index is 324. The lowest BCUT2D eigenvalue weighted by Gasteiger charge is -2.28. The van der Waals surface area contributed by atoms with E-state index < -0.39 is 6.04 Å². The fourth-order valence-corrected chi connectivity index (χ4v) is 3.14. The van der Waals surface area contributed by atoms with E-state index in [9.17, 15) is 9.59 Å². The van der Waals surface area contributed by atoms with E-state index in [2.05, 4.69) is 12.2 Å². The Morgan fingerprint density at radius 1 is 1.19 bits per heavy atom. The van der Waals surface area contributed by atoms with Crippen molar-refractivity contribution in [2.75, 3.05) is 7.11 Å². The third-order valence-corrected chi connectivity index (χ3v) is 4.67. The standard InChI is InChI=1S/C17H31NO3/c1-4-5-7-12-15(17(20)21-3)18-16(19)13(2)14-10-8-6-9-11-14/h13-15H,4-12H2,1-3H3,(H,18,19)/t13-,15-/m0/s1. The van der Waals surface area contributed by atoms with Crippen LogP contribution in [0, 0.1) is 11.8 Å². The van der Waals surface area contributed by atoms with Crippen LogP contribution in [0.3, 0.4) is 0 Å². The lowest BCUT2D eigenvalue weighted by molar-refractivity contribution is -0.146. The van der Waals surface area contributed by atoms with Gasteiger partial charge in [-0.05, 0) is 25.2 Å². The molecule has 1 rings (SSSR count). The topological polar surface area (TPSA) is 55.4 Å². The van der Waals surface area contributed by atoms with Gasteiger partial charge < -0.3 is 10.1 Å². The molecule has 0 saturated heterocycles. The Labute approximate surface area is 129 Å². The first-order chi connectivity index (χ1) is 10.1. The van der Waals surface area contributed by atoms with Gasteiger partial charge in [0.15, 0.2) is 0 Å². The molecule has 0 unspecified atom stereocenters. The highest BCUT2D eigenvalue weighted by atomic mass is 16.5. The van der Waals surface area contributed by atoms with Gasteiger partial charge in [-0.3, -0.25) is 4.79 Å². The van der Waals surface area contributed by atoms with Crippen molar-refractivity contribution in [3.8, 4) is 0 Å². The van der Waals surface area contributed by atoms with Crippen molar-refractivity contribution in [2.45, 2.75) is 77.7 Å². The van der Waals surface area contributed by atoms with E-state index in [0.717, 1.165) is 32.1 Å². The molecule has 0 spiro atoms. The van der Waals surface area contributed by atoms with E-state index in [1.165, 1.54) is 26.4 Å². The van der Waals surface area contributed by atoms with Crippen molar-refractivity contribution in [1.82, 2.24) is 5.32 Å². The average molecular weight is 297 g/mol. The van der Waals surface area contributed by atoms with Gasteiger partial charge in [0.1, 0.15) is 6.04 Å². The highest BCUT2D eigenvalue weighted by molar-refractivity contribution is 5.85. The van der Waals surface area contributed by atoms with Gasteiger partial charge in [-0.1, -0.05) is 52.4 Å². The molecule has 4 nitrogen and oxygen atoms in total. The van der Waals surface area contributed by atoms with Crippen LogP contribution < -0.4 is 5.32 Å². The fraction of sp³-hybridized carbons (Fsp3) is 0.882. The molecule has 1 fully saturated rings. The van der Waals surface area contributed by atoms with Gasteiger partial charge in [-0.2, -0.15) is 0 Å². The number of hydrogen-bond donors (Lipinski definition) is 1.